The normalized spacial score (nSPS) is 45.0. The number of hydrogen-bond donors (Lipinski definition) is 1. The Labute approximate surface area is 134 Å². The fourth-order valence-electron chi connectivity index (χ4n) is 5.29. The molecule has 0 bridgehead atoms. The summed E-state index contributed by atoms with van der Waals surface area (Å²) in [6, 6.07) is 0. The summed E-state index contributed by atoms with van der Waals surface area (Å²) in [5.74, 6) is 1.25. The minimum Gasteiger partial charge on any atom is -0.392 e. The topological polar surface area (TPSA) is 37.3 Å². The molecule has 0 aromatic carbocycles. The van der Waals surface area contributed by atoms with Crippen LogP contribution in [-0.4, -0.2) is 17.0 Å². The van der Waals surface area contributed by atoms with E-state index in [1.165, 1.54) is 11.1 Å². The zero-order valence-corrected chi connectivity index (χ0v) is 14.6. The number of fused-ring (bicyclic) bond motifs is 3. The van der Waals surface area contributed by atoms with E-state index in [0.29, 0.717) is 11.8 Å². The van der Waals surface area contributed by atoms with Crippen molar-refractivity contribution < 1.29 is 9.90 Å². The van der Waals surface area contributed by atoms with Crippen molar-refractivity contribution in [2.24, 2.45) is 28.6 Å². The molecule has 1 fully saturated rings. The van der Waals surface area contributed by atoms with Gasteiger partial charge >= 0.3 is 0 Å². The molecule has 1 saturated carbocycles. The largest absolute Gasteiger partial charge is 0.392 e. The first-order valence-electron chi connectivity index (χ1n) is 8.80. The standard InChI is InChI=1S/C20H30O2/c1-12(2)14-10-16(21)20(5)17(22)11-19(4)9-8-13(3)6-7-15(19)18(14)20/h8,10,12,15,17-18,22H,6-7,9,11H2,1-5H3/t15-,17+,18?,19?,20?/m1/s1. The van der Waals surface area contributed by atoms with Crippen LogP contribution in [0.4, 0.5) is 0 Å². The van der Waals surface area contributed by atoms with Crippen LogP contribution in [0.15, 0.2) is 23.3 Å². The lowest BCUT2D eigenvalue weighted by molar-refractivity contribution is -0.148. The maximum Gasteiger partial charge on any atom is 0.164 e. The van der Waals surface area contributed by atoms with Crippen LogP contribution >= 0.6 is 0 Å². The first kappa shape index (κ1) is 16.0. The minimum atomic E-state index is -0.595. The molecule has 3 unspecified atom stereocenters. The Hall–Kier alpha value is -0.890. The number of carbonyl (C=O) groups is 1. The maximum absolute atomic E-state index is 12.7. The lowest BCUT2D eigenvalue weighted by Crippen LogP contribution is -2.55. The Bertz CT molecular complexity index is 556. The molecule has 22 heavy (non-hydrogen) atoms. The third-order valence-corrected chi connectivity index (χ3v) is 6.92. The molecule has 0 saturated heterocycles. The van der Waals surface area contributed by atoms with Crippen LogP contribution in [0.3, 0.4) is 0 Å². The number of carbonyl (C=O) groups excluding carboxylic acids is 1. The zero-order valence-electron chi connectivity index (χ0n) is 14.6. The van der Waals surface area contributed by atoms with Gasteiger partial charge in [0.15, 0.2) is 5.78 Å². The second-order valence-electron chi connectivity index (χ2n) is 8.70. The van der Waals surface area contributed by atoms with Gasteiger partial charge in [0.25, 0.3) is 0 Å². The van der Waals surface area contributed by atoms with E-state index in [4.69, 9.17) is 0 Å². The highest BCUT2D eigenvalue weighted by Gasteiger charge is 2.62. The molecule has 3 aliphatic rings. The van der Waals surface area contributed by atoms with Gasteiger partial charge in [0.2, 0.25) is 0 Å². The maximum atomic E-state index is 12.7. The summed E-state index contributed by atoms with van der Waals surface area (Å²) in [5.41, 5.74) is 2.26. The van der Waals surface area contributed by atoms with Gasteiger partial charge in [0, 0.05) is 0 Å². The molecule has 0 aliphatic heterocycles. The fourth-order valence-corrected chi connectivity index (χ4v) is 5.29. The summed E-state index contributed by atoms with van der Waals surface area (Å²) >= 11 is 0. The van der Waals surface area contributed by atoms with E-state index >= 15 is 0 Å². The van der Waals surface area contributed by atoms with Crippen molar-refractivity contribution in [2.45, 2.75) is 66.4 Å². The third-order valence-electron chi connectivity index (χ3n) is 6.92. The Kier molecular flexibility index (Phi) is 3.67. The van der Waals surface area contributed by atoms with Gasteiger partial charge in [0.1, 0.15) is 0 Å². The predicted octanol–water partition coefficient (Wildman–Crippen LogP) is 4.29. The number of aliphatic hydroxyl groups is 1. The smallest absolute Gasteiger partial charge is 0.164 e. The third kappa shape index (κ3) is 2.06. The quantitative estimate of drug-likeness (QED) is 0.734. The number of rotatable bonds is 1. The Morgan fingerprint density at radius 2 is 2.00 bits per heavy atom. The highest BCUT2D eigenvalue weighted by Crippen LogP contribution is 2.62. The van der Waals surface area contributed by atoms with Crippen LogP contribution in [0.2, 0.25) is 0 Å². The van der Waals surface area contributed by atoms with Gasteiger partial charge < -0.3 is 5.11 Å². The zero-order chi connectivity index (χ0) is 16.3. The monoisotopic (exact) mass is 302 g/mol. The van der Waals surface area contributed by atoms with E-state index < -0.39 is 11.5 Å². The van der Waals surface area contributed by atoms with Crippen molar-refractivity contribution in [3.63, 3.8) is 0 Å². The van der Waals surface area contributed by atoms with E-state index in [1.807, 2.05) is 13.0 Å². The van der Waals surface area contributed by atoms with Crippen molar-refractivity contribution in [3.8, 4) is 0 Å². The molecule has 1 N–H and O–H groups in total. The van der Waals surface area contributed by atoms with Gasteiger partial charge in [-0.2, -0.15) is 0 Å². The van der Waals surface area contributed by atoms with Crippen LogP contribution in [0.5, 0.6) is 0 Å². The Balaban J connectivity index is 2.09. The number of hydrogen-bond acceptors (Lipinski definition) is 2. The van der Waals surface area contributed by atoms with Gasteiger partial charge in [-0.25, -0.2) is 0 Å². The number of ketones is 1. The molecule has 0 aromatic heterocycles. The summed E-state index contributed by atoms with van der Waals surface area (Å²) in [6.07, 6.45) is 7.77. The number of aliphatic hydroxyl groups excluding tert-OH is 1. The Morgan fingerprint density at radius 3 is 2.64 bits per heavy atom. The molecule has 2 heteroatoms. The van der Waals surface area contributed by atoms with Crippen molar-refractivity contribution >= 4 is 5.78 Å². The molecule has 0 aromatic rings. The van der Waals surface area contributed by atoms with Gasteiger partial charge in [-0.1, -0.05) is 38.0 Å². The predicted molar refractivity (Wildman–Crippen MR) is 89.4 cm³/mol. The fraction of sp³-hybridized carbons (Fsp3) is 0.750. The second-order valence-corrected chi connectivity index (χ2v) is 8.70. The SMILES string of the molecule is CC1=CCC2(C)C[C@H](O)C3(C)C(=O)C=C(C(C)C)C3[C@H]2CC1. The highest BCUT2D eigenvalue weighted by atomic mass is 16.3. The Morgan fingerprint density at radius 1 is 1.32 bits per heavy atom. The molecule has 5 atom stereocenters. The van der Waals surface area contributed by atoms with E-state index in [0.717, 1.165) is 25.7 Å². The van der Waals surface area contributed by atoms with Crippen molar-refractivity contribution in [1.82, 2.24) is 0 Å². The van der Waals surface area contributed by atoms with Crippen LogP contribution in [0, 0.1) is 28.6 Å². The number of allylic oxidation sites excluding steroid dienone is 4. The summed E-state index contributed by atoms with van der Waals surface area (Å²) in [4.78, 5) is 12.7. The molecule has 3 rings (SSSR count). The highest BCUT2D eigenvalue weighted by molar-refractivity contribution is 5.99. The first-order chi connectivity index (χ1) is 10.2. The molecular weight excluding hydrogens is 272 g/mol. The molecule has 122 valence electrons. The lowest BCUT2D eigenvalue weighted by atomic mass is 9.50. The molecule has 0 spiro atoms. The van der Waals surface area contributed by atoms with Crippen molar-refractivity contribution in [3.05, 3.63) is 23.3 Å². The van der Waals surface area contributed by atoms with E-state index in [2.05, 4.69) is 33.8 Å². The molecule has 0 amide bonds. The lowest BCUT2D eigenvalue weighted by Gasteiger charge is -2.54. The average Bonchev–Trinajstić information content (AvgIpc) is 2.61. The van der Waals surface area contributed by atoms with Crippen LogP contribution in [0.25, 0.3) is 0 Å². The van der Waals surface area contributed by atoms with Gasteiger partial charge in [-0.3, -0.25) is 4.79 Å². The van der Waals surface area contributed by atoms with Crippen molar-refractivity contribution in [1.29, 1.82) is 0 Å². The summed E-state index contributed by atoms with van der Waals surface area (Å²) in [5, 5.41) is 10.9. The van der Waals surface area contributed by atoms with Crippen LogP contribution in [0.1, 0.15) is 60.3 Å². The van der Waals surface area contributed by atoms with Gasteiger partial charge in [-0.05, 0) is 68.8 Å². The second kappa shape index (κ2) is 5.06. The molecular formula is C20H30O2. The molecule has 3 aliphatic carbocycles. The van der Waals surface area contributed by atoms with E-state index in [-0.39, 0.29) is 17.1 Å². The molecule has 0 heterocycles. The average molecular weight is 302 g/mol. The molecule has 0 radical (unpaired) electrons. The van der Waals surface area contributed by atoms with Gasteiger partial charge in [0.05, 0.1) is 11.5 Å². The molecule has 2 nitrogen and oxygen atoms in total. The van der Waals surface area contributed by atoms with E-state index in [9.17, 15) is 9.90 Å². The van der Waals surface area contributed by atoms with E-state index in [1.54, 1.807) is 0 Å². The van der Waals surface area contributed by atoms with Gasteiger partial charge in [-0.15, -0.1) is 0 Å². The first-order valence-corrected chi connectivity index (χ1v) is 8.80. The summed E-state index contributed by atoms with van der Waals surface area (Å²) in [6.45, 7) is 10.9. The van der Waals surface area contributed by atoms with Crippen LogP contribution in [-0.2, 0) is 4.79 Å². The van der Waals surface area contributed by atoms with Crippen molar-refractivity contribution in [2.75, 3.05) is 0 Å². The minimum absolute atomic E-state index is 0.111. The summed E-state index contributed by atoms with van der Waals surface area (Å²) < 4.78 is 0. The van der Waals surface area contributed by atoms with Crippen LogP contribution < -0.4 is 0 Å². The summed E-state index contributed by atoms with van der Waals surface area (Å²) in [7, 11) is 0.